The van der Waals surface area contributed by atoms with Gasteiger partial charge in [-0.2, -0.15) is 5.06 Å². The highest BCUT2D eigenvalue weighted by Gasteiger charge is 2.34. The fourth-order valence-corrected chi connectivity index (χ4v) is 2.51. The molecule has 1 aromatic heterocycles. The van der Waals surface area contributed by atoms with Gasteiger partial charge in [-0.25, -0.2) is 9.23 Å². The molecule has 3 rings (SSSR count). The number of hydrogen-bond donors (Lipinski definition) is 3. The summed E-state index contributed by atoms with van der Waals surface area (Å²) in [7, 11) is 0. The minimum atomic E-state index is -0.688. The van der Waals surface area contributed by atoms with Crippen LogP contribution >= 0.6 is 15.9 Å². The van der Waals surface area contributed by atoms with Gasteiger partial charge in [0, 0.05) is 0 Å². The number of nitrogens with two attached hydrogens (primary N) is 2. The van der Waals surface area contributed by atoms with E-state index in [2.05, 4.69) is 15.9 Å². The van der Waals surface area contributed by atoms with Crippen LogP contribution in [0.5, 0.6) is 0 Å². The fraction of sp³-hybridized carbons (Fsp3) is 0.0714. The van der Waals surface area contributed by atoms with E-state index in [1.165, 1.54) is 30.3 Å². The molecular formula is C14H12BrFN6O5. The van der Waals surface area contributed by atoms with Crippen molar-refractivity contribution in [3.63, 3.8) is 0 Å². The Labute approximate surface area is 159 Å². The molecule has 0 aliphatic carbocycles. The summed E-state index contributed by atoms with van der Waals surface area (Å²) in [5.74, 6) is -1.37. The van der Waals surface area contributed by atoms with Gasteiger partial charge in [-0.3, -0.25) is 15.5 Å². The van der Waals surface area contributed by atoms with Crippen molar-refractivity contribution in [1.82, 2.24) is 5.23 Å². The van der Waals surface area contributed by atoms with E-state index in [1.807, 2.05) is 0 Å². The van der Waals surface area contributed by atoms with Gasteiger partial charge in [-0.1, -0.05) is 5.23 Å². The van der Waals surface area contributed by atoms with Crippen LogP contribution in [0.25, 0.3) is 0 Å². The zero-order chi connectivity index (χ0) is 19.7. The molecule has 2 heterocycles. The summed E-state index contributed by atoms with van der Waals surface area (Å²) in [6.07, 6.45) is 0. The third-order valence-corrected chi connectivity index (χ3v) is 3.95. The predicted octanol–water partition coefficient (Wildman–Crippen LogP) is 2.25. The Balaban J connectivity index is 1.79. The lowest BCUT2D eigenvalue weighted by Crippen LogP contribution is -2.29. The second-order valence-electron chi connectivity index (χ2n) is 5.15. The van der Waals surface area contributed by atoms with Gasteiger partial charge in [-0.05, 0) is 40.2 Å². The van der Waals surface area contributed by atoms with Crippen molar-refractivity contribution in [2.45, 2.75) is 6.61 Å². The van der Waals surface area contributed by atoms with E-state index in [-0.39, 0.29) is 28.4 Å². The van der Waals surface area contributed by atoms with Crippen molar-refractivity contribution in [2.24, 2.45) is 11.5 Å². The standard InChI is InChI=1S/C14H12BrFN6O5/c15-9-5-7(1-3-10(9)16)20-12(13(17)18)14(19)22(27-20)25-6-8-2-4-11(26-8)21(23)24/h1-5H,6,19H2,(H3,17,18). The SMILES string of the molecule is N=C(N)C1=C(N)N(OCc2ccc([N+](=O)[O-])o2)ON1c1ccc(F)c(Br)c1. The lowest BCUT2D eigenvalue weighted by molar-refractivity contribution is -0.403. The molecule has 27 heavy (non-hydrogen) atoms. The van der Waals surface area contributed by atoms with Gasteiger partial charge in [0.05, 0.1) is 16.2 Å². The normalized spacial score (nSPS) is 14.1. The molecular weight excluding hydrogens is 431 g/mol. The lowest BCUT2D eigenvalue weighted by Gasteiger charge is -2.20. The summed E-state index contributed by atoms with van der Waals surface area (Å²) in [4.78, 5) is 20.7. The van der Waals surface area contributed by atoms with E-state index in [0.717, 1.165) is 10.3 Å². The van der Waals surface area contributed by atoms with E-state index >= 15 is 0 Å². The monoisotopic (exact) mass is 442 g/mol. The van der Waals surface area contributed by atoms with Crippen molar-refractivity contribution in [2.75, 3.05) is 5.06 Å². The van der Waals surface area contributed by atoms with Crippen molar-refractivity contribution >= 4 is 33.3 Å². The Hall–Kier alpha value is -3.16. The van der Waals surface area contributed by atoms with Gasteiger partial charge in [0.2, 0.25) is 0 Å². The van der Waals surface area contributed by atoms with Crippen LogP contribution in [0.2, 0.25) is 0 Å². The Morgan fingerprint density at radius 3 is 2.74 bits per heavy atom. The van der Waals surface area contributed by atoms with Crippen LogP contribution in [-0.2, 0) is 16.4 Å². The summed E-state index contributed by atoms with van der Waals surface area (Å²) in [6, 6.07) is 6.49. The summed E-state index contributed by atoms with van der Waals surface area (Å²) >= 11 is 3.05. The molecule has 1 aliphatic rings. The molecule has 5 N–H and O–H groups in total. The number of hydrogen-bond acceptors (Lipinski definition) is 9. The quantitative estimate of drug-likeness (QED) is 0.264. The second-order valence-corrected chi connectivity index (χ2v) is 6.00. The minimum Gasteiger partial charge on any atom is -0.403 e. The molecule has 0 radical (unpaired) electrons. The van der Waals surface area contributed by atoms with E-state index in [9.17, 15) is 14.5 Å². The van der Waals surface area contributed by atoms with E-state index in [4.69, 9.17) is 31.1 Å². The molecule has 0 amide bonds. The third-order valence-electron chi connectivity index (χ3n) is 3.34. The maximum absolute atomic E-state index is 13.5. The van der Waals surface area contributed by atoms with Gasteiger partial charge < -0.3 is 15.9 Å². The smallest absolute Gasteiger partial charge is 0.403 e. The Morgan fingerprint density at radius 2 is 2.15 bits per heavy atom. The van der Waals surface area contributed by atoms with Crippen LogP contribution in [0.15, 0.2) is 50.7 Å². The van der Waals surface area contributed by atoms with Gasteiger partial charge in [0.1, 0.15) is 28.9 Å². The topological polar surface area (TPSA) is 157 Å². The van der Waals surface area contributed by atoms with Gasteiger partial charge in [0.15, 0.2) is 11.5 Å². The number of anilines is 1. The zero-order valence-corrected chi connectivity index (χ0v) is 15.0. The van der Waals surface area contributed by atoms with Crippen molar-refractivity contribution < 1.29 is 23.5 Å². The molecule has 0 saturated heterocycles. The van der Waals surface area contributed by atoms with Crippen LogP contribution in [0.3, 0.4) is 0 Å². The molecule has 0 bridgehead atoms. The number of rotatable bonds is 6. The largest absolute Gasteiger partial charge is 0.433 e. The highest BCUT2D eigenvalue weighted by atomic mass is 79.9. The summed E-state index contributed by atoms with van der Waals surface area (Å²) in [5.41, 5.74) is 11.7. The Morgan fingerprint density at radius 1 is 1.41 bits per heavy atom. The van der Waals surface area contributed by atoms with Crippen LogP contribution in [-0.4, -0.2) is 16.0 Å². The number of benzene rings is 1. The average Bonchev–Trinajstić information content (AvgIpc) is 3.20. The van der Waals surface area contributed by atoms with E-state index < -0.39 is 22.5 Å². The van der Waals surface area contributed by atoms with Crippen LogP contribution in [0.4, 0.5) is 16.0 Å². The van der Waals surface area contributed by atoms with Crippen molar-refractivity contribution in [3.05, 3.63) is 68.0 Å². The first-order chi connectivity index (χ1) is 12.8. The van der Waals surface area contributed by atoms with Crippen LogP contribution in [0, 0.1) is 21.3 Å². The molecule has 2 aromatic rings. The first-order valence-electron chi connectivity index (χ1n) is 7.21. The second kappa shape index (κ2) is 7.22. The number of nitrogens with zero attached hydrogens (tertiary/aromatic N) is 3. The highest BCUT2D eigenvalue weighted by Crippen LogP contribution is 2.32. The maximum atomic E-state index is 13.5. The van der Waals surface area contributed by atoms with E-state index in [0.29, 0.717) is 5.69 Å². The summed E-state index contributed by atoms with van der Waals surface area (Å²) in [6.45, 7) is -0.249. The molecule has 0 atom stereocenters. The summed E-state index contributed by atoms with van der Waals surface area (Å²) < 4.78 is 18.6. The van der Waals surface area contributed by atoms with Gasteiger partial charge in [-0.15, -0.1) is 4.94 Å². The van der Waals surface area contributed by atoms with Gasteiger partial charge in [0.25, 0.3) is 0 Å². The molecule has 142 valence electrons. The zero-order valence-electron chi connectivity index (χ0n) is 13.4. The highest BCUT2D eigenvalue weighted by molar-refractivity contribution is 9.10. The first-order valence-corrected chi connectivity index (χ1v) is 8.00. The average molecular weight is 443 g/mol. The maximum Gasteiger partial charge on any atom is 0.433 e. The fourth-order valence-electron chi connectivity index (χ4n) is 2.14. The van der Waals surface area contributed by atoms with E-state index in [1.54, 1.807) is 0 Å². The summed E-state index contributed by atoms with van der Waals surface area (Å²) in [5, 5.41) is 20.2. The molecule has 13 heteroatoms. The molecule has 0 unspecified atom stereocenters. The Bertz CT molecular complexity index is 948. The number of halogens is 2. The molecule has 1 aromatic carbocycles. The Kier molecular flexibility index (Phi) is 4.98. The predicted molar refractivity (Wildman–Crippen MR) is 92.8 cm³/mol. The molecule has 1 aliphatic heterocycles. The number of hydroxylamine groups is 3. The van der Waals surface area contributed by atoms with Crippen molar-refractivity contribution in [3.8, 4) is 0 Å². The number of amidine groups is 1. The van der Waals surface area contributed by atoms with Crippen LogP contribution < -0.4 is 16.5 Å². The molecule has 0 saturated carbocycles. The number of nitrogens with one attached hydrogen (secondary N) is 1. The number of furan rings is 1. The molecule has 0 fully saturated rings. The number of nitro groups is 1. The molecule has 0 spiro atoms. The first kappa shape index (κ1) is 18.6. The minimum absolute atomic E-state index is 0.0288. The third kappa shape index (κ3) is 3.69. The van der Waals surface area contributed by atoms with Crippen molar-refractivity contribution in [1.29, 1.82) is 5.41 Å². The molecule has 11 nitrogen and oxygen atoms in total. The van der Waals surface area contributed by atoms with Gasteiger partial charge >= 0.3 is 5.88 Å². The lowest BCUT2D eigenvalue weighted by atomic mass is 10.3. The van der Waals surface area contributed by atoms with Crippen LogP contribution in [0.1, 0.15) is 5.76 Å².